The molecule has 0 radical (unpaired) electrons. The first-order valence-electron chi connectivity index (χ1n) is 11.8. The summed E-state index contributed by atoms with van der Waals surface area (Å²) < 4.78 is 52.5. The van der Waals surface area contributed by atoms with E-state index in [-0.39, 0.29) is 5.28 Å². The number of phosphoric ester groups is 1. The van der Waals surface area contributed by atoms with E-state index in [1.54, 1.807) is 24.6 Å². The molecule has 3 fully saturated rings. The number of ether oxygens (including phenoxy) is 3. The average molecular weight is 583 g/mol. The molecular formula is C20H29ClN4O10P2. The van der Waals surface area contributed by atoms with E-state index >= 15 is 0 Å². The molecule has 2 aromatic heterocycles. The van der Waals surface area contributed by atoms with Crippen LogP contribution in [0.1, 0.15) is 45.8 Å². The highest BCUT2D eigenvalue weighted by Gasteiger charge is 2.56. The first kappa shape index (κ1) is 27.4. The minimum Gasteiger partial charge on any atom is -0.367 e. The van der Waals surface area contributed by atoms with Crippen LogP contribution in [0.4, 0.5) is 5.82 Å². The molecule has 14 nitrogen and oxygen atoms in total. The Balaban J connectivity index is 1.38. The van der Waals surface area contributed by atoms with Crippen LogP contribution in [0.5, 0.6) is 0 Å². The summed E-state index contributed by atoms with van der Waals surface area (Å²) in [6, 6.07) is 2.16. The molecule has 0 spiro atoms. The van der Waals surface area contributed by atoms with E-state index in [4.69, 9.17) is 40.1 Å². The van der Waals surface area contributed by atoms with Crippen LogP contribution < -0.4 is 5.32 Å². The molecule has 1 saturated carbocycles. The number of hydrogen-bond acceptors (Lipinski definition) is 10. The normalized spacial score (nSPS) is 29.6. The van der Waals surface area contributed by atoms with Gasteiger partial charge in [-0.2, -0.15) is 4.98 Å². The van der Waals surface area contributed by atoms with Gasteiger partial charge in [0.05, 0.1) is 12.0 Å². The van der Waals surface area contributed by atoms with Gasteiger partial charge in [-0.3, -0.25) is 13.6 Å². The van der Waals surface area contributed by atoms with Crippen LogP contribution in [0.15, 0.2) is 12.3 Å². The number of aromatic nitrogens is 3. The van der Waals surface area contributed by atoms with Gasteiger partial charge in [-0.05, 0) is 44.4 Å². The summed E-state index contributed by atoms with van der Waals surface area (Å²) in [6.45, 7) is 3.00. The van der Waals surface area contributed by atoms with Crippen molar-refractivity contribution in [3.05, 3.63) is 17.5 Å². The first-order valence-corrected chi connectivity index (χ1v) is 15.5. The fourth-order valence-corrected chi connectivity index (χ4v) is 6.72. The zero-order chi connectivity index (χ0) is 26.6. The van der Waals surface area contributed by atoms with Crippen molar-refractivity contribution in [2.24, 2.45) is 0 Å². The molecule has 17 heteroatoms. The van der Waals surface area contributed by atoms with E-state index in [1.165, 1.54) is 0 Å². The topological polar surface area (TPSA) is 184 Å². The summed E-state index contributed by atoms with van der Waals surface area (Å²) in [5.41, 5.74) is 0.511. The van der Waals surface area contributed by atoms with Gasteiger partial charge in [0.1, 0.15) is 29.8 Å². The van der Waals surface area contributed by atoms with Crippen LogP contribution in [-0.4, -0.2) is 72.3 Å². The molecule has 0 aromatic carbocycles. The number of anilines is 1. The predicted octanol–water partition coefficient (Wildman–Crippen LogP) is 3.13. The molecular weight excluding hydrogens is 554 g/mol. The molecule has 2 aliphatic heterocycles. The van der Waals surface area contributed by atoms with E-state index in [0.29, 0.717) is 17.5 Å². The maximum Gasteiger partial charge on any atom is 0.472 e. The van der Waals surface area contributed by atoms with Crippen LogP contribution in [0.3, 0.4) is 0 Å². The molecule has 0 amide bonds. The molecule has 4 heterocycles. The van der Waals surface area contributed by atoms with Gasteiger partial charge in [0.2, 0.25) is 5.28 Å². The highest BCUT2D eigenvalue weighted by molar-refractivity contribution is 7.53. The van der Waals surface area contributed by atoms with Crippen molar-refractivity contribution in [2.75, 3.05) is 18.3 Å². The van der Waals surface area contributed by atoms with Crippen molar-refractivity contribution >= 4 is 43.9 Å². The molecule has 5 atom stereocenters. The summed E-state index contributed by atoms with van der Waals surface area (Å²) in [5, 5.41) is 4.28. The highest BCUT2D eigenvalue weighted by Crippen LogP contribution is 2.50. The minimum atomic E-state index is -4.78. The number of rotatable bonds is 9. The standard InChI is InChI=1S/C20H29ClN4O10P2/c1-20(2)34-14-13(9-31-37(29,30)32-10-36(26,27)28)33-18(15(14)35-20)25-8-7-12-16(22-11-5-3-4-6-11)23-19(21)24-17(12)25/h7-8,11,13-15,18H,3-6,9-10H2,1-2H3,(H,29,30)(H,22,23,24)(H2,26,27,28)/t13-,14-,15-,18-/m1/s1. The Hall–Kier alpha value is -1.15. The molecule has 37 heavy (non-hydrogen) atoms. The molecule has 2 aromatic rings. The molecule has 1 unspecified atom stereocenters. The Morgan fingerprint density at radius 3 is 2.57 bits per heavy atom. The van der Waals surface area contributed by atoms with Crippen LogP contribution in [0.2, 0.25) is 5.28 Å². The van der Waals surface area contributed by atoms with Crippen molar-refractivity contribution in [3.63, 3.8) is 0 Å². The van der Waals surface area contributed by atoms with Gasteiger partial charge in [0.15, 0.2) is 18.4 Å². The lowest BCUT2D eigenvalue weighted by Crippen LogP contribution is -2.32. The number of nitrogens with one attached hydrogen (secondary N) is 1. The lowest BCUT2D eigenvalue weighted by Gasteiger charge is -2.25. The van der Waals surface area contributed by atoms with E-state index in [9.17, 15) is 14.0 Å². The van der Waals surface area contributed by atoms with Crippen molar-refractivity contribution in [1.29, 1.82) is 0 Å². The summed E-state index contributed by atoms with van der Waals surface area (Å²) >= 11 is 6.27. The van der Waals surface area contributed by atoms with Crippen LogP contribution in [0.25, 0.3) is 11.0 Å². The van der Waals surface area contributed by atoms with Gasteiger partial charge in [-0.15, -0.1) is 0 Å². The second kappa shape index (κ2) is 10.1. The van der Waals surface area contributed by atoms with E-state index in [1.807, 2.05) is 6.07 Å². The maximum atomic E-state index is 12.1. The molecule has 0 bridgehead atoms. The van der Waals surface area contributed by atoms with Crippen LogP contribution >= 0.6 is 27.0 Å². The Labute approximate surface area is 217 Å². The third kappa shape index (κ3) is 6.21. The van der Waals surface area contributed by atoms with Crippen LogP contribution in [-0.2, 0) is 32.4 Å². The molecule has 4 N–H and O–H groups in total. The zero-order valence-electron chi connectivity index (χ0n) is 20.1. The van der Waals surface area contributed by atoms with E-state index < -0.39 is 58.7 Å². The number of fused-ring (bicyclic) bond motifs is 2. The summed E-state index contributed by atoms with van der Waals surface area (Å²) in [6.07, 6.45) is 1.97. The lowest BCUT2D eigenvalue weighted by molar-refractivity contribution is -0.199. The Morgan fingerprint density at radius 1 is 1.16 bits per heavy atom. The molecule has 206 valence electrons. The van der Waals surface area contributed by atoms with Crippen molar-refractivity contribution in [3.8, 4) is 0 Å². The van der Waals surface area contributed by atoms with Gasteiger partial charge in [-0.1, -0.05) is 12.8 Å². The fraction of sp³-hybridized carbons (Fsp3) is 0.700. The number of nitrogens with zero attached hydrogens (tertiary/aromatic N) is 3. The van der Waals surface area contributed by atoms with E-state index in [0.717, 1.165) is 31.1 Å². The maximum absolute atomic E-state index is 12.1. The van der Waals surface area contributed by atoms with E-state index in [2.05, 4.69) is 19.8 Å². The van der Waals surface area contributed by atoms with Crippen molar-refractivity contribution < 1.29 is 47.1 Å². The summed E-state index contributed by atoms with van der Waals surface area (Å²) in [5.74, 6) is -0.345. The first-order chi connectivity index (χ1) is 17.3. The van der Waals surface area contributed by atoms with Gasteiger partial charge in [-0.25, -0.2) is 9.55 Å². The number of phosphoric acid groups is 1. The Morgan fingerprint density at radius 2 is 1.86 bits per heavy atom. The Kier molecular flexibility index (Phi) is 7.49. The largest absolute Gasteiger partial charge is 0.472 e. The van der Waals surface area contributed by atoms with Gasteiger partial charge in [0.25, 0.3) is 0 Å². The molecule has 3 aliphatic rings. The van der Waals surface area contributed by atoms with Gasteiger partial charge >= 0.3 is 15.4 Å². The predicted molar refractivity (Wildman–Crippen MR) is 130 cm³/mol. The molecule has 1 aliphatic carbocycles. The SMILES string of the molecule is CC1(C)O[C@@H]2[C@H](O1)[C@@H](COP(=O)(O)OCP(=O)(O)O)O[C@H]2n1ccc2c(NC3CCCC3)nc(Cl)nc21. The number of hydrogen-bond donors (Lipinski definition) is 4. The number of halogens is 1. The quantitative estimate of drug-likeness (QED) is 0.250. The third-order valence-corrected chi connectivity index (χ3v) is 8.20. The van der Waals surface area contributed by atoms with Gasteiger partial charge < -0.3 is 38.8 Å². The van der Waals surface area contributed by atoms with Crippen LogP contribution in [0, 0.1) is 0 Å². The fourth-order valence-electron chi connectivity index (χ4n) is 4.96. The second-order valence-corrected chi connectivity index (χ2v) is 13.1. The lowest BCUT2D eigenvalue weighted by atomic mass is 10.1. The summed E-state index contributed by atoms with van der Waals surface area (Å²) in [4.78, 5) is 36.4. The Bertz CT molecular complexity index is 1250. The minimum absolute atomic E-state index is 0.0646. The van der Waals surface area contributed by atoms with Gasteiger partial charge in [0, 0.05) is 12.2 Å². The summed E-state index contributed by atoms with van der Waals surface area (Å²) in [7, 11) is -9.45. The molecule has 2 saturated heterocycles. The second-order valence-electron chi connectivity index (χ2n) is 9.74. The average Bonchev–Trinajstić information content (AvgIpc) is 3.55. The van der Waals surface area contributed by atoms with Crippen molar-refractivity contribution in [1.82, 2.24) is 14.5 Å². The third-order valence-electron chi connectivity index (χ3n) is 6.43. The highest BCUT2D eigenvalue weighted by atomic mass is 35.5. The van der Waals surface area contributed by atoms with Crippen molar-refractivity contribution in [2.45, 2.75) is 75.9 Å². The zero-order valence-corrected chi connectivity index (χ0v) is 22.6. The smallest absolute Gasteiger partial charge is 0.367 e. The monoisotopic (exact) mass is 582 g/mol. The molecule has 5 rings (SSSR count).